The van der Waals surface area contributed by atoms with Crippen LogP contribution in [0.1, 0.15) is 13.8 Å². The molecule has 0 atom stereocenters. The van der Waals surface area contributed by atoms with Gasteiger partial charge < -0.3 is 14.6 Å². The van der Waals surface area contributed by atoms with Crippen LogP contribution in [0.25, 0.3) is 11.1 Å². The smallest absolute Gasteiger partial charge is 0.127 e. The number of methoxy groups -OCH3 is 1. The molecule has 19 heavy (non-hydrogen) atoms. The predicted molar refractivity (Wildman–Crippen MR) is 75.9 cm³/mol. The van der Waals surface area contributed by atoms with Gasteiger partial charge in [0.1, 0.15) is 17.2 Å². The molecule has 0 aliphatic heterocycles. The van der Waals surface area contributed by atoms with E-state index in [0.717, 1.165) is 11.3 Å². The molecule has 100 valence electrons. The maximum absolute atomic E-state index is 10.0. The quantitative estimate of drug-likeness (QED) is 0.905. The van der Waals surface area contributed by atoms with Crippen molar-refractivity contribution in [2.24, 2.45) is 0 Å². The zero-order valence-corrected chi connectivity index (χ0v) is 11.4. The molecular weight excluding hydrogens is 240 g/mol. The Balaban J connectivity index is 2.52. The lowest BCUT2D eigenvalue weighted by Crippen LogP contribution is -2.06. The molecule has 1 N–H and O–H groups in total. The Morgan fingerprint density at radius 3 is 2.42 bits per heavy atom. The average molecular weight is 258 g/mol. The highest BCUT2D eigenvalue weighted by Crippen LogP contribution is 2.38. The highest BCUT2D eigenvalue weighted by atomic mass is 16.5. The van der Waals surface area contributed by atoms with E-state index in [4.69, 9.17) is 9.47 Å². The van der Waals surface area contributed by atoms with E-state index in [1.54, 1.807) is 25.3 Å². The summed E-state index contributed by atoms with van der Waals surface area (Å²) >= 11 is 0. The van der Waals surface area contributed by atoms with Crippen molar-refractivity contribution in [2.75, 3.05) is 7.11 Å². The molecular formula is C16H18O3. The van der Waals surface area contributed by atoms with Crippen LogP contribution in [0.15, 0.2) is 42.5 Å². The van der Waals surface area contributed by atoms with Crippen LogP contribution in [0.3, 0.4) is 0 Å². The van der Waals surface area contributed by atoms with E-state index < -0.39 is 0 Å². The van der Waals surface area contributed by atoms with Gasteiger partial charge in [0.25, 0.3) is 0 Å². The summed E-state index contributed by atoms with van der Waals surface area (Å²) in [5.41, 5.74) is 1.56. The number of benzene rings is 2. The SMILES string of the molecule is COc1ccc(O)c(-c2ccccc2OC(C)C)c1. The van der Waals surface area contributed by atoms with Gasteiger partial charge in [-0.1, -0.05) is 18.2 Å². The van der Waals surface area contributed by atoms with Crippen molar-refractivity contribution in [3.05, 3.63) is 42.5 Å². The van der Waals surface area contributed by atoms with Crippen LogP contribution >= 0.6 is 0 Å². The molecule has 2 rings (SSSR count). The van der Waals surface area contributed by atoms with Gasteiger partial charge in [0, 0.05) is 11.1 Å². The Hall–Kier alpha value is -2.16. The fourth-order valence-corrected chi connectivity index (χ4v) is 1.90. The van der Waals surface area contributed by atoms with E-state index in [9.17, 15) is 5.11 Å². The summed E-state index contributed by atoms with van der Waals surface area (Å²) < 4.78 is 11.0. The van der Waals surface area contributed by atoms with Crippen molar-refractivity contribution >= 4 is 0 Å². The number of aromatic hydroxyl groups is 1. The molecule has 0 aliphatic rings. The zero-order valence-electron chi connectivity index (χ0n) is 11.4. The van der Waals surface area contributed by atoms with Crippen molar-refractivity contribution in [1.82, 2.24) is 0 Å². The summed E-state index contributed by atoms with van der Waals surface area (Å²) in [4.78, 5) is 0. The fourth-order valence-electron chi connectivity index (χ4n) is 1.90. The van der Waals surface area contributed by atoms with E-state index in [1.165, 1.54) is 0 Å². The Kier molecular flexibility index (Phi) is 3.95. The molecule has 3 nitrogen and oxygen atoms in total. The minimum Gasteiger partial charge on any atom is -0.507 e. The monoisotopic (exact) mass is 258 g/mol. The Morgan fingerprint density at radius 1 is 1.00 bits per heavy atom. The predicted octanol–water partition coefficient (Wildman–Crippen LogP) is 3.86. The standard InChI is InChI=1S/C16H18O3/c1-11(2)19-16-7-5-4-6-13(16)14-10-12(18-3)8-9-15(14)17/h4-11,17H,1-3H3. The molecule has 2 aromatic carbocycles. The van der Waals surface area contributed by atoms with Crippen LogP contribution < -0.4 is 9.47 Å². The maximum atomic E-state index is 10.0. The van der Waals surface area contributed by atoms with Gasteiger partial charge in [0.2, 0.25) is 0 Å². The summed E-state index contributed by atoms with van der Waals surface area (Å²) in [5, 5.41) is 10.0. The van der Waals surface area contributed by atoms with Crippen LogP contribution in [-0.4, -0.2) is 18.3 Å². The molecule has 0 aromatic heterocycles. The summed E-state index contributed by atoms with van der Waals surface area (Å²) in [6.07, 6.45) is 0.0777. The first-order valence-electron chi connectivity index (χ1n) is 6.25. The average Bonchev–Trinajstić information content (AvgIpc) is 2.40. The van der Waals surface area contributed by atoms with Gasteiger partial charge in [-0.15, -0.1) is 0 Å². The van der Waals surface area contributed by atoms with Crippen molar-refractivity contribution in [2.45, 2.75) is 20.0 Å². The van der Waals surface area contributed by atoms with Crippen molar-refractivity contribution < 1.29 is 14.6 Å². The highest BCUT2D eigenvalue weighted by Gasteiger charge is 2.12. The summed E-state index contributed by atoms with van der Waals surface area (Å²) in [5.74, 6) is 1.66. The van der Waals surface area contributed by atoms with E-state index >= 15 is 0 Å². The van der Waals surface area contributed by atoms with Gasteiger partial charge in [0.05, 0.1) is 13.2 Å². The van der Waals surface area contributed by atoms with Crippen LogP contribution in [0, 0.1) is 0 Å². The topological polar surface area (TPSA) is 38.7 Å². The molecule has 0 saturated carbocycles. The zero-order chi connectivity index (χ0) is 13.8. The Labute approximate surface area is 113 Å². The first-order chi connectivity index (χ1) is 9.11. The number of phenols is 1. The lowest BCUT2D eigenvalue weighted by Gasteiger charge is -2.15. The van der Waals surface area contributed by atoms with Crippen LogP contribution in [0.4, 0.5) is 0 Å². The first-order valence-corrected chi connectivity index (χ1v) is 6.25. The number of rotatable bonds is 4. The van der Waals surface area contributed by atoms with Crippen LogP contribution in [-0.2, 0) is 0 Å². The lowest BCUT2D eigenvalue weighted by molar-refractivity contribution is 0.243. The van der Waals surface area contributed by atoms with Crippen molar-refractivity contribution in [3.8, 4) is 28.4 Å². The van der Waals surface area contributed by atoms with Crippen molar-refractivity contribution in [3.63, 3.8) is 0 Å². The molecule has 0 bridgehead atoms. The molecule has 0 amide bonds. The minimum absolute atomic E-state index is 0.0777. The molecule has 0 fully saturated rings. The Morgan fingerprint density at radius 2 is 1.74 bits per heavy atom. The number of hydrogen-bond donors (Lipinski definition) is 1. The molecule has 0 saturated heterocycles. The van der Waals surface area contributed by atoms with Crippen LogP contribution in [0.5, 0.6) is 17.2 Å². The van der Waals surface area contributed by atoms with E-state index in [1.807, 2.05) is 38.1 Å². The number of hydrogen-bond acceptors (Lipinski definition) is 3. The third-order valence-corrected chi connectivity index (χ3v) is 2.74. The molecule has 2 aromatic rings. The third-order valence-electron chi connectivity index (χ3n) is 2.74. The summed E-state index contributed by atoms with van der Waals surface area (Å²) in [6, 6.07) is 12.8. The number of para-hydroxylation sites is 1. The fraction of sp³-hybridized carbons (Fsp3) is 0.250. The van der Waals surface area contributed by atoms with Gasteiger partial charge in [-0.2, -0.15) is 0 Å². The summed E-state index contributed by atoms with van der Waals surface area (Å²) in [7, 11) is 1.60. The van der Waals surface area contributed by atoms with E-state index in [2.05, 4.69) is 0 Å². The normalized spacial score (nSPS) is 10.5. The van der Waals surface area contributed by atoms with Crippen LogP contribution in [0.2, 0.25) is 0 Å². The lowest BCUT2D eigenvalue weighted by atomic mass is 10.0. The largest absolute Gasteiger partial charge is 0.507 e. The minimum atomic E-state index is 0.0777. The number of phenolic OH excluding ortho intramolecular Hbond substituents is 1. The number of ether oxygens (including phenoxy) is 2. The molecule has 0 unspecified atom stereocenters. The van der Waals surface area contributed by atoms with E-state index in [0.29, 0.717) is 11.3 Å². The molecule has 0 spiro atoms. The second-order valence-electron chi connectivity index (χ2n) is 4.55. The summed E-state index contributed by atoms with van der Waals surface area (Å²) in [6.45, 7) is 3.95. The second-order valence-corrected chi connectivity index (χ2v) is 4.55. The maximum Gasteiger partial charge on any atom is 0.127 e. The molecule has 0 heterocycles. The highest BCUT2D eigenvalue weighted by molar-refractivity contribution is 5.76. The van der Waals surface area contributed by atoms with Crippen molar-refractivity contribution in [1.29, 1.82) is 0 Å². The van der Waals surface area contributed by atoms with E-state index in [-0.39, 0.29) is 11.9 Å². The van der Waals surface area contributed by atoms with Gasteiger partial charge in [-0.25, -0.2) is 0 Å². The first kappa shape index (κ1) is 13.3. The van der Waals surface area contributed by atoms with Gasteiger partial charge in [-0.05, 0) is 38.1 Å². The third kappa shape index (κ3) is 2.99. The Bertz CT molecular complexity index is 562. The van der Waals surface area contributed by atoms with Gasteiger partial charge in [0.15, 0.2) is 0 Å². The molecule has 0 aliphatic carbocycles. The van der Waals surface area contributed by atoms with Gasteiger partial charge in [-0.3, -0.25) is 0 Å². The second kappa shape index (κ2) is 5.65. The van der Waals surface area contributed by atoms with Gasteiger partial charge >= 0.3 is 0 Å². The molecule has 0 radical (unpaired) electrons. The molecule has 3 heteroatoms.